The van der Waals surface area contributed by atoms with Crippen LogP contribution in [-0.4, -0.2) is 0 Å². The average Bonchev–Trinajstić information content (AvgIpc) is 1.93. The van der Waals surface area contributed by atoms with E-state index >= 15 is 0 Å². The molecule has 11 heavy (non-hydrogen) atoms. The Labute approximate surface area is 72.5 Å². The molecular formula is C9H11NS. The molecule has 0 spiro atoms. The first kappa shape index (κ1) is 8.21. The summed E-state index contributed by atoms with van der Waals surface area (Å²) >= 11 is 4.27. The zero-order chi connectivity index (χ0) is 8.27. The van der Waals surface area contributed by atoms with Crippen LogP contribution < -0.4 is 5.32 Å². The summed E-state index contributed by atoms with van der Waals surface area (Å²) in [5.74, 6) is 0. The van der Waals surface area contributed by atoms with Gasteiger partial charge in [-0.15, -0.1) is 12.6 Å². The number of nitrogens with one attached hydrogen (secondary N) is 1. The lowest BCUT2D eigenvalue weighted by Crippen LogP contribution is -1.93. The maximum atomic E-state index is 4.27. The monoisotopic (exact) mass is 165 g/mol. The van der Waals surface area contributed by atoms with Gasteiger partial charge in [0.25, 0.3) is 0 Å². The highest BCUT2D eigenvalue weighted by atomic mass is 32.1. The molecule has 0 fully saturated rings. The van der Waals surface area contributed by atoms with Crippen molar-refractivity contribution in [2.24, 2.45) is 0 Å². The van der Waals surface area contributed by atoms with Crippen LogP contribution in [0.15, 0.2) is 41.4 Å². The van der Waals surface area contributed by atoms with E-state index < -0.39 is 0 Å². The number of thiol groups is 1. The van der Waals surface area contributed by atoms with Crippen molar-refractivity contribution in [3.63, 3.8) is 0 Å². The quantitative estimate of drug-likeness (QED) is 0.642. The van der Waals surface area contributed by atoms with Crippen molar-refractivity contribution in [1.29, 1.82) is 0 Å². The maximum Gasteiger partial charge on any atom is 0.0517 e. The third kappa shape index (κ3) is 2.31. The molecule has 0 aliphatic heterocycles. The van der Waals surface area contributed by atoms with E-state index in [0.717, 1.165) is 16.3 Å². The fourth-order valence-corrected chi connectivity index (χ4v) is 1.03. The molecule has 58 valence electrons. The Morgan fingerprint density at radius 2 is 2.09 bits per heavy atom. The van der Waals surface area contributed by atoms with E-state index in [1.54, 1.807) is 0 Å². The number of rotatable bonds is 2. The highest BCUT2D eigenvalue weighted by molar-refractivity contribution is 7.80. The van der Waals surface area contributed by atoms with Crippen molar-refractivity contribution in [2.75, 3.05) is 5.32 Å². The third-order valence-corrected chi connectivity index (χ3v) is 1.64. The van der Waals surface area contributed by atoms with Gasteiger partial charge in [0.05, 0.1) is 5.69 Å². The molecule has 0 saturated heterocycles. The summed E-state index contributed by atoms with van der Waals surface area (Å²) in [6.45, 7) is 5.66. The van der Waals surface area contributed by atoms with E-state index in [1.807, 2.05) is 31.2 Å². The van der Waals surface area contributed by atoms with Crippen LogP contribution in [0.4, 0.5) is 5.69 Å². The third-order valence-electron chi connectivity index (χ3n) is 1.25. The molecule has 2 heteroatoms. The van der Waals surface area contributed by atoms with Gasteiger partial charge in [-0.3, -0.25) is 0 Å². The minimum absolute atomic E-state index is 0.923. The van der Waals surface area contributed by atoms with Crippen LogP contribution >= 0.6 is 12.6 Å². The van der Waals surface area contributed by atoms with Gasteiger partial charge in [0, 0.05) is 10.6 Å². The Morgan fingerprint density at radius 1 is 1.45 bits per heavy atom. The molecule has 1 N–H and O–H groups in total. The number of allylic oxidation sites excluding steroid dienone is 1. The summed E-state index contributed by atoms with van der Waals surface area (Å²) in [4.78, 5) is 0.940. The standard InChI is InChI=1S/C9H11NS/c1-7(2)10-8-5-3-4-6-9(8)11/h3-6,10-11H,1H2,2H3. The van der Waals surface area contributed by atoms with Crippen LogP contribution in [0.1, 0.15) is 6.92 Å². The number of para-hydroxylation sites is 1. The molecule has 0 unspecified atom stereocenters. The van der Waals surface area contributed by atoms with E-state index in [9.17, 15) is 0 Å². The predicted octanol–water partition coefficient (Wildman–Crippen LogP) is 2.92. The van der Waals surface area contributed by atoms with Crippen LogP contribution in [0.3, 0.4) is 0 Å². The van der Waals surface area contributed by atoms with Crippen molar-refractivity contribution < 1.29 is 0 Å². The Morgan fingerprint density at radius 3 is 2.64 bits per heavy atom. The SMILES string of the molecule is C=C(C)Nc1ccccc1S. The summed E-state index contributed by atoms with van der Waals surface area (Å²) in [6.07, 6.45) is 0. The van der Waals surface area contributed by atoms with Gasteiger partial charge in [0.2, 0.25) is 0 Å². The Hall–Kier alpha value is -0.890. The second-order valence-corrected chi connectivity index (χ2v) is 2.90. The molecule has 1 aromatic rings. The molecule has 0 aromatic heterocycles. The van der Waals surface area contributed by atoms with Gasteiger partial charge in [-0.1, -0.05) is 18.7 Å². The van der Waals surface area contributed by atoms with Crippen LogP contribution in [0.2, 0.25) is 0 Å². The largest absolute Gasteiger partial charge is 0.359 e. The summed E-state index contributed by atoms with van der Waals surface area (Å²) in [5.41, 5.74) is 1.93. The summed E-state index contributed by atoms with van der Waals surface area (Å²) < 4.78 is 0. The molecular weight excluding hydrogens is 154 g/mol. The van der Waals surface area contributed by atoms with E-state index in [-0.39, 0.29) is 0 Å². The van der Waals surface area contributed by atoms with E-state index in [0.29, 0.717) is 0 Å². The zero-order valence-electron chi connectivity index (χ0n) is 6.46. The van der Waals surface area contributed by atoms with Crippen molar-refractivity contribution in [3.05, 3.63) is 36.5 Å². The van der Waals surface area contributed by atoms with Gasteiger partial charge in [0.15, 0.2) is 0 Å². The van der Waals surface area contributed by atoms with Crippen molar-refractivity contribution in [1.82, 2.24) is 0 Å². The predicted molar refractivity (Wildman–Crippen MR) is 52.1 cm³/mol. The first-order chi connectivity index (χ1) is 5.20. The van der Waals surface area contributed by atoms with Gasteiger partial charge in [-0.2, -0.15) is 0 Å². The number of anilines is 1. The summed E-state index contributed by atoms with van der Waals surface area (Å²) in [5, 5.41) is 3.10. The number of hydrogen-bond donors (Lipinski definition) is 2. The minimum Gasteiger partial charge on any atom is -0.359 e. The van der Waals surface area contributed by atoms with Gasteiger partial charge in [-0.05, 0) is 19.1 Å². The molecule has 1 nitrogen and oxygen atoms in total. The van der Waals surface area contributed by atoms with Gasteiger partial charge >= 0.3 is 0 Å². The zero-order valence-corrected chi connectivity index (χ0v) is 7.36. The molecule has 0 atom stereocenters. The molecule has 0 aliphatic rings. The van der Waals surface area contributed by atoms with E-state index in [2.05, 4.69) is 24.5 Å². The van der Waals surface area contributed by atoms with Crippen molar-refractivity contribution in [2.45, 2.75) is 11.8 Å². The molecule has 0 amide bonds. The lowest BCUT2D eigenvalue weighted by Gasteiger charge is -2.06. The minimum atomic E-state index is 0.923. The highest BCUT2D eigenvalue weighted by Gasteiger charge is 1.94. The Bertz CT molecular complexity index is 268. The van der Waals surface area contributed by atoms with Crippen molar-refractivity contribution >= 4 is 18.3 Å². The highest BCUT2D eigenvalue weighted by Crippen LogP contribution is 2.19. The van der Waals surface area contributed by atoms with Gasteiger partial charge in [-0.25, -0.2) is 0 Å². The first-order valence-electron chi connectivity index (χ1n) is 3.40. The molecule has 1 rings (SSSR count). The molecule has 0 heterocycles. The second kappa shape index (κ2) is 3.49. The Kier molecular flexibility index (Phi) is 2.60. The van der Waals surface area contributed by atoms with E-state index in [4.69, 9.17) is 0 Å². The fraction of sp³-hybridized carbons (Fsp3) is 0.111. The maximum absolute atomic E-state index is 4.27. The summed E-state index contributed by atoms with van der Waals surface area (Å²) in [6, 6.07) is 7.82. The van der Waals surface area contributed by atoms with Crippen LogP contribution in [-0.2, 0) is 0 Å². The average molecular weight is 165 g/mol. The molecule has 0 aliphatic carbocycles. The second-order valence-electron chi connectivity index (χ2n) is 2.42. The van der Waals surface area contributed by atoms with Gasteiger partial charge < -0.3 is 5.32 Å². The number of hydrogen-bond acceptors (Lipinski definition) is 2. The molecule has 0 radical (unpaired) electrons. The van der Waals surface area contributed by atoms with Crippen LogP contribution in [0.5, 0.6) is 0 Å². The van der Waals surface area contributed by atoms with Crippen LogP contribution in [0, 0.1) is 0 Å². The molecule has 1 aromatic carbocycles. The van der Waals surface area contributed by atoms with Crippen LogP contribution in [0.25, 0.3) is 0 Å². The molecule has 0 saturated carbocycles. The lowest BCUT2D eigenvalue weighted by molar-refractivity contribution is 1.34. The number of benzene rings is 1. The Balaban J connectivity index is 2.86. The van der Waals surface area contributed by atoms with Crippen molar-refractivity contribution in [3.8, 4) is 0 Å². The van der Waals surface area contributed by atoms with E-state index in [1.165, 1.54) is 0 Å². The summed E-state index contributed by atoms with van der Waals surface area (Å²) in [7, 11) is 0. The first-order valence-corrected chi connectivity index (χ1v) is 3.85. The smallest absolute Gasteiger partial charge is 0.0517 e. The lowest BCUT2D eigenvalue weighted by atomic mass is 10.3. The van der Waals surface area contributed by atoms with Gasteiger partial charge in [0.1, 0.15) is 0 Å². The molecule has 0 bridgehead atoms. The fourth-order valence-electron chi connectivity index (χ4n) is 0.809. The normalized spacial score (nSPS) is 9.27. The topological polar surface area (TPSA) is 12.0 Å².